The zero-order valence-corrected chi connectivity index (χ0v) is 9.55. The first-order valence-electron chi connectivity index (χ1n) is 6.02. The quantitative estimate of drug-likeness (QED) is 0.647. The normalized spacial score (nSPS) is 30.7. The van der Waals surface area contributed by atoms with Crippen LogP contribution in [-0.2, 0) is 0 Å². The van der Waals surface area contributed by atoms with E-state index in [0.717, 1.165) is 11.8 Å². The van der Waals surface area contributed by atoms with Gasteiger partial charge < -0.3 is 4.90 Å². The van der Waals surface area contributed by atoms with Crippen molar-refractivity contribution in [2.45, 2.75) is 46.5 Å². The maximum absolute atomic E-state index is 2.67. The van der Waals surface area contributed by atoms with E-state index in [1.54, 1.807) is 0 Å². The van der Waals surface area contributed by atoms with Crippen molar-refractivity contribution in [3.8, 4) is 0 Å². The molecular formula is C12H25N. The summed E-state index contributed by atoms with van der Waals surface area (Å²) in [5.74, 6) is 1.95. The second-order valence-electron chi connectivity index (χ2n) is 4.54. The largest absolute Gasteiger partial charge is 0.303 e. The molecule has 2 unspecified atom stereocenters. The van der Waals surface area contributed by atoms with Gasteiger partial charge in [-0.05, 0) is 31.2 Å². The molecule has 0 spiro atoms. The summed E-state index contributed by atoms with van der Waals surface area (Å²) in [7, 11) is 0. The summed E-state index contributed by atoms with van der Waals surface area (Å²) < 4.78 is 0. The molecule has 0 saturated carbocycles. The highest BCUT2D eigenvalue weighted by molar-refractivity contribution is 4.77. The molecule has 0 radical (unpaired) electrons. The van der Waals surface area contributed by atoms with E-state index in [1.807, 2.05) is 0 Å². The lowest BCUT2D eigenvalue weighted by Gasteiger charge is -2.37. The molecule has 0 aromatic carbocycles. The Labute approximate surface area is 83.5 Å². The number of hydrogen-bond acceptors (Lipinski definition) is 1. The van der Waals surface area contributed by atoms with Crippen molar-refractivity contribution in [2.24, 2.45) is 11.8 Å². The first-order valence-corrected chi connectivity index (χ1v) is 6.02. The van der Waals surface area contributed by atoms with Crippen molar-refractivity contribution in [1.29, 1.82) is 0 Å². The third-order valence-corrected chi connectivity index (χ3v) is 3.39. The van der Waals surface area contributed by atoms with Gasteiger partial charge in [0, 0.05) is 13.1 Å². The zero-order chi connectivity index (χ0) is 9.68. The molecule has 0 aromatic heterocycles. The zero-order valence-electron chi connectivity index (χ0n) is 9.55. The van der Waals surface area contributed by atoms with Crippen molar-refractivity contribution in [1.82, 2.24) is 4.90 Å². The Balaban J connectivity index is 2.39. The molecular weight excluding hydrogens is 158 g/mol. The third-order valence-electron chi connectivity index (χ3n) is 3.39. The van der Waals surface area contributed by atoms with Gasteiger partial charge in [0.2, 0.25) is 0 Å². The lowest BCUT2D eigenvalue weighted by molar-refractivity contribution is 0.120. The van der Waals surface area contributed by atoms with Crippen molar-refractivity contribution < 1.29 is 0 Å². The van der Waals surface area contributed by atoms with Gasteiger partial charge in [-0.3, -0.25) is 0 Å². The average molecular weight is 183 g/mol. The van der Waals surface area contributed by atoms with Crippen LogP contribution in [0.3, 0.4) is 0 Å². The van der Waals surface area contributed by atoms with Crippen LogP contribution in [0, 0.1) is 11.8 Å². The molecule has 1 fully saturated rings. The van der Waals surface area contributed by atoms with Gasteiger partial charge in [0.05, 0.1) is 0 Å². The summed E-state index contributed by atoms with van der Waals surface area (Å²) >= 11 is 0. The molecule has 1 aliphatic heterocycles. The fraction of sp³-hybridized carbons (Fsp3) is 1.00. The fourth-order valence-corrected chi connectivity index (χ4v) is 2.52. The van der Waals surface area contributed by atoms with E-state index < -0.39 is 0 Å². The molecule has 2 atom stereocenters. The molecule has 1 rings (SSSR count). The van der Waals surface area contributed by atoms with Gasteiger partial charge in [0.1, 0.15) is 0 Å². The number of rotatable bonds is 4. The number of nitrogens with zero attached hydrogens (tertiary/aromatic N) is 1. The van der Waals surface area contributed by atoms with Crippen molar-refractivity contribution in [3.05, 3.63) is 0 Å². The monoisotopic (exact) mass is 183 g/mol. The molecule has 0 amide bonds. The molecule has 1 saturated heterocycles. The Morgan fingerprint density at radius 3 is 1.92 bits per heavy atom. The van der Waals surface area contributed by atoms with Crippen LogP contribution in [0.2, 0.25) is 0 Å². The van der Waals surface area contributed by atoms with E-state index in [0.29, 0.717) is 0 Å². The maximum Gasteiger partial charge on any atom is 0.000978 e. The minimum Gasteiger partial charge on any atom is -0.303 e. The first kappa shape index (κ1) is 11.0. The molecule has 1 heterocycles. The van der Waals surface area contributed by atoms with E-state index in [4.69, 9.17) is 0 Å². The molecule has 78 valence electrons. The molecule has 13 heavy (non-hydrogen) atoms. The van der Waals surface area contributed by atoms with Gasteiger partial charge in [-0.2, -0.15) is 0 Å². The van der Waals surface area contributed by atoms with E-state index in [1.165, 1.54) is 45.3 Å². The Hall–Kier alpha value is -0.0400. The maximum atomic E-state index is 2.67. The van der Waals surface area contributed by atoms with E-state index in [2.05, 4.69) is 25.7 Å². The summed E-state index contributed by atoms with van der Waals surface area (Å²) in [6.45, 7) is 11.0. The first-order chi connectivity index (χ1) is 6.30. The predicted molar refractivity (Wildman–Crippen MR) is 58.9 cm³/mol. The second kappa shape index (κ2) is 5.64. The van der Waals surface area contributed by atoms with Gasteiger partial charge in [-0.1, -0.05) is 33.6 Å². The Bertz CT molecular complexity index is 121. The molecule has 1 heteroatoms. The van der Waals surface area contributed by atoms with E-state index >= 15 is 0 Å². The van der Waals surface area contributed by atoms with Gasteiger partial charge in [-0.15, -0.1) is 0 Å². The standard InChI is InChI=1S/C12H25N/c1-4-7-13-9-11(5-2)8-12(6-3)10-13/h11-12H,4-10H2,1-3H3. The minimum atomic E-state index is 0.977. The number of likely N-dealkylation sites (tertiary alicyclic amines) is 1. The molecule has 0 aromatic rings. The van der Waals surface area contributed by atoms with Crippen LogP contribution in [-0.4, -0.2) is 24.5 Å². The Kier molecular flexibility index (Phi) is 4.79. The van der Waals surface area contributed by atoms with Crippen LogP contribution in [0.4, 0.5) is 0 Å². The van der Waals surface area contributed by atoms with Gasteiger partial charge in [0.25, 0.3) is 0 Å². The molecule has 0 N–H and O–H groups in total. The van der Waals surface area contributed by atoms with Crippen molar-refractivity contribution in [2.75, 3.05) is 19.6 Å². The Morgan fingerprint density at radius 2 is 1.54 bits per heavy atom. The molecule has 0 bridgehead atoms. The number of hydrogen-bond donors (Lipinski definition) is 0. The summed E-state index contributed by atoms with van der Waals surface area (Å²) in [4.78, 5) is 2.67. The lowest BCUT2D eigenvalue weighted by atomic mass is 9.86. The van der Waals surface area contributed by atoms with Crippen LogP contribution < -0.4 is 0 Å². The summed E-state index contributed by atoms with van der Waals surface area (Å²) in [5.41, 5.74) is 0. The molecule has 1 aliphatic rings. The lowest BCUT2D eigenvalue weighted by Crippen LogP contribution is -2.40. The van der Waals surface area contributed by atoms with Crippen LogP contribution in [0.1, 0.15) is 46.5 Å². The van der Waals surface area contributed by atoms with Crippen LogP contribution >= 0.6 is 0 Å². The Morgan fingerprint density at radius 1 is 1.00 bits per heavy atom. The van der Waals surface area contributed by atoms with Crippen LogP contribution in [0.5, 0.6) is 0 Å². The second-order valence-corrected chi connectivity index (χ2v) is 4.54. The summed E-state index contributed by atoms with van der Waals surface area (Å²) in [5, 5.41) is 0. The van der Waals surface area contributed by atoms with E-state index in [9.17, 15) is 0 Å². The van der Waals surface area contributed by atoms with E-state index in [-0.39, 0.29) is 0 Å². The van der Waals surface area contributed by atoms with Crippen molar-refractivity contribution in [3.63, 3.8) is 0 Å². The minimum absolute atomic E-state index is 0.977. The number of piperidine rings is 1. The summed E-state index contributed by atoms with van der Waals surface area (Å²) in [6, 6.07) is 0. The van der Waals surface area contributed by atoms with Crippen molar-refractivity contribution >= 4 is 0 Å². The highest BCUT2D eigenvalue weighted by Gasteiger charge is 2.24. The third kappa shape index (κ3) is 3.30. The highest BCUT2D eigenvalue weighted by atomic mass is 15.1. The molecule has 1 nitrogen and oxygen atoms in total. The SMILES string of the molecule is CCCN1CC(CC)CC(CC)C1. The van der Waals surface area contributed by atoms with Gasteiger partial charge in [-0.25, -0.2) is 0 Å². The summed E-state index contributed by atoms with van der Waals surface area (Å²) in [6.07, 6.45) is 5.54. The van der Waals surface area contributed by atoms with Gasteiger partial charge in [0.15, 0.2) is 0 Å². The van der Waals surface area contributed by atoms with Crippen LogP contribution in [0.25, 0.3) is 0 Å². The highest BCUT2D eigenvalue weighted by Crippen LogP contribution is 2.26. The molecule has 0 aliphatic carbocycles. The predicted octanol–water partition coefficient (Wildman–Crippen LogP) is 3.15. The topological polar surface area (TPSA) is 3.24 Å². The average Bonchev–Trinajstić information content (AvgIpc) is 2.17. The fourth-order valence-electron chi connectivity index (χ4n) is 2.52. The smallest absolute Gasteiger partial charge is 0.000978 e. The van der Waals surface area contributed by atoms with Crippen LogP contribution in [0.15, 0.2) is 0 Å². The van der Waals surface area contributed by atoms with Gasteiger partial charge >= 0.3 is 0 Å².